The van der Waals surface area contributed by atoms with E-state index in [4.69, 9.17) is 4.74 Å². The molecule has 1 fully saturated rings. The summed E-state index contributed by atoms with van der Waals surface area (Å²) >= 11 is 0. The van der Waals surface area contributed by atoms with Crippen LogP contribution in [0.4, 0.5) is 5.69 Å². The van der Waals surface area contributed by atoms with Crippen LogP contribution in [0.2, 0.25) is 0 Å². The highest BCUT2D eigenvalue weighted by Gasteiger charge is 2.14. The molecular formula is C26H31N3O2. The second-order valence-corrected chi connectivity index (χ2v) is 8.29. The first-order chi connectivity index (χ1) is 15.2. The van der Waals surface area contributed by atoms with Crippen LogP contribution in [0.25, 0.3) is 10.8 Å². The van der Waals surface area contributed by atoms with Gasteiger partial charge in [-0.3, -0.25) is 4.79 Å². The van der Waals surface area contributed by atoms with Gasteiger partial charge in [-0.05, 0) is 74.3 Å². The van der Waals surface area contributed by atoms with Gasteiger partial charge in [0.2, 0.25) is 0 Å². The second kappa shape index (κ2) is 10.4. The van der Waals surface area contributed by atoms with Gasteiger partial charge in [-0.25, -0.2) is 0 Å². The van der Waals surface area contributed by atoms with E-state index in [0.717, 1.165) is 54.1 Å². The van der Waals surface area contributed by atoms with Crippen LogP contribution < -0.4 is 20.7 Å². The Morgan fingerprint density at radius 3 is 2.61 bits per heavy atom. The number of aryl methyl sites for hydroxylation is 1. The molecule has 0 aromatic heterocycles. The van der Waals surface area contributed by atoms with Gasteiger partial charge in [0.1, 0.15) is 5.75 Å². The third-order valence-corrected chi connectivity index (χ3v) is 5.89. The number of carbonyl (C=O) groups excluding carboxylic acids is 1. The van der Waals surface area contributed by atoms with Crippen LogP contribution >= 0.6 is 0 Å². The van der Waals surface area contributed by atoms with Gasteiger partial charge in [0.25, 0.3) is 5.91 Å². The van der Waals surface area contributed by atoms with Gasteiger partial charge < -0.3 is 20.7 Å². The molecule has 0 aliphatic carbocycles. The minimum atomic E-state index is -0.161. The summed E-state index contributed by atoms with van der Waals surface area (Å²) in [5.74, 6) is 1.31. The number of nitrogens with one attached hydrogen (secondary N) is 3. The fourth-order valence-electron chi connectivity index (χ4n) is 4.10. The van der Waals surface area contributed by atoms with E-state index in [-0.39, 0.29) is 12.5 Å². The molecule has 162 valence electrons. The van der Waals surface area contributed by atoms with E-state index in [1.807, 2.05) is 49.4 Å². The quantitative estimate of drug-likeness (QED) is 0.513. The number of benzene rings is 3. The van der Waals surface area contributed by atoms with Gasteiger partial charge in [-0.2, -0.15) is 0 Å². The Balaban J connectivity index is 1.42. The standard InChI is InChI=1S/C26H31N3O2/c1-19-6-9-22(10-7-19)29-26(30)18-31-25-11-8-21-4-2-3-5-23(21)24(25)17-28-16-20-12-14-27-15-13-20/h2-11,20,27-28H,12-18H2,1H3,(H,29,30). The van der Waals surface area contributed by atoms with Gasteiger partial charge in [-0.1, -0.05) is 48.0 Å². The first-order valence-corrected chi connectivity index (χ1v) is 11.1. The molecule has 3 aromatic carbocycles. The van der Waals surface area contributed by atoms with Crippen molar-refractivity contribution in [3.63, 3.8) is 0 Å². The minimum Gasteiger partial charge on any atom is -0.483 e. The molecule has 1 heterocycles. The zero-order valence-electron chi connectivity index (χ0n) is 18.1. The van der Waals surface area contributed by atoms with Crippen LogP contribution in [0.3, 0.4) is 0 Å². The highest BCUT2D eigenvalue weighted by molar-refractivity contribution is 5.92. The van der Waals surface area contributed by atoms with E-state index in [2.05, 4.69) is 34.1 Å². The van der Waals surface area contributed by atoms with Gasteiger partial charge >= 0.3 is 0 Å². The molecule has 0 spiro atoms. The maximum absolute atomic E-state index is 12.4. The lowest BCUT2D eigenvalue weighted by atomic mass is 9.98. The van der Waals surface area contributed by atoms with E-state index in [0.29, 0.717) is 5.92 Å². The molecule has 3 aromatic rings. The first-order valence-electron chi connectivity index (χ1n) is 11.1. The largest absolute Gasteiger partial charge is 0.483 e. The van der Waals surface area contributed by atoms with Gasteiger partial charge in [0.05, 0.1) is 0 Å². The number of fused-ring (bicyclic) bond motifs is 1. The Labute approximate surface area is 184 Å². The number of piperidine rings is 1. The monoisotopic (exact) mass is 417 g/mol. The van der Waals surface area contributed by atoms with Crippen LogP contribution in [0.15, 0.2) is 60.7 Å². The molecule has 0 saturated carbocycles. The second-order valence-electron chi connectivity index (χ2n) is 8.29. The molecule has 1 saturated heterocycles. The predicted octanol–water partition coefficient (Wildman–Crippen LogP) is 4.25. The van der Waals surface area contributed by atoms with Crippen LogP contribution in [0, 0.1) is 12.8 Å². The van der Waals surface area contributed by atoms with E-state index in [1.54, 1.807) is 0 Å². The number of rotatable bonds is 8. The topological polar surface area (TPSA) is 62.4 Å². The molecule has 1 aliphatic heterocycles. The highest BCUT2D eigenvalue weighted by Crippen LogP contribution is 2.28. The van der Waals surface area contributed by atoms with Crippen molar-refractivity contribution >= 4 is 22.4 Å². The van der Waals surface area contributed by atoms with Crippen molar-refractivity contribution in [2.24, 2.45) is 5.92 Å². The minimum absolute atomic E-state index is 0.0203. The summed E-state index contributed by atoms with van der Waals surface area (Å²) in [6.45, 7) is 5.93. The Morgan fingerprint density at radius 1 is 1.03 bits per heavy atom. The number of carbonyl (C=O) groups is 1. The van der Waals surface area contributed by atoms with E-state index in [1.165, 1.54) is 18.2 Å². The van der Waals surface area contributed by atoms with Crippen LogP contribution in [0.5, 0.6) is 5.75 Å². The SMILES string of the molecule is Cc1ccc(NC(=O)COc2ccc3ccccc3c2CNCC2CCNCC2)cc1. The summed E-state index contributed by atoms with van der Waals surface area (Å²) in [4.78, 5) is 12.4. The fourth-order valence-corrected chi connectivity index (χ4v) is 4.10. The molecule has 4 rings (SSSR count). The summed E-state index contributed by atoms with van der Waals surface area (Å²) < 4.78 is 5.98. The Morgan fingerprint density at radius 2 is 1.81 bits per heavy atom. The zero-order chi connectivity index (χ0) is 21.5. The number of amides is 1. The lowest BCUT2D eigenvalue weighted by Crippen LogP contribution is -2.33. The third kappa shape index (κ3) is 5.84. The molecule has 0 unspecified atom stereocenters. The van der Waals surface area contributed by atoms with Crippen molar-refractivity contribution in [3.05, 3.63) is 71.8 Å². The van der Waals surface area contributed by atoms with Crippen molar-refractivity contribution in [1.82, 2.24) is 10.6 Å². The lowest BCUT2D eigenvalue weighted by Gasteiger charge is -2.23. The Hall–Kier alpha value is -2.89. The molecule has 0 bridgehead atoms. The van der Waals surface area contributed by atoms with Crippen LogP contribution in [-0.4, -0.2) is 32.1 Å². The maximum Gasteiger partial charge on any atom is 0.262 e. The molecule has 1 amide bonds. The lowest BCUT2D eigenvalue weighted by molar-refractivity contribution is -0.118. The van der Waals surface area contributed by atoms with Gasteiger partial charge in [0.15, 0.2) is 6.61 Å². The summed E-state index contributed by atoms with van der Waals surface area (Å²) in [5, 5.41) is 12.3. The molecule has 5 heteroatoms. The summed E-state index contributed by atoms with van der Waals surface area (Å²) in [5.41, 5.74) is 3.05. The molecule has 5 nitrogen and oxygen atoms in total. The van der Waals surface area contributed by atoms with Crippen molar-refractivity contribution in [2.45, 2.75) is 26.3 Å². The first kappa shape index (κ1) is 21.3. The Bertz CT molecular complexity index is 1010. The summed E-state index contributed by atoms with van der Waals surface area (Å²) in [7, 11) is 0. The van der Waals surface area contributed by atoms with Gasteiger partial charge in [0, 0.05) is 17.8 Å². The molecule has 31 heavy (non-hydrogen) atoms. The molecular weight excluding hydrogens is 386 g/mol. The number of anilines is 1. The van der Waals surface area contributed by atoms with Crippen molar-refractivity contribution in [3.8, 4) is 5.75 Å². The summed E-state index contributed by atoms with van der Waals surface area (Å²) in [6.07, 6.45) is 2.43. The van der Waals surface area contributed by atoms with E-state index >= 15 is 0 Å². The average Bonchev–Trinajstić information content (AvgIpc) is 2.80. The van der Waals surface area contributed by atoms with E-state index in [9.17, 15) is 4.79 Å². The number of ether oxygens (including phenoxy) is 1. The van der Waals surface area contributed by atoms with Crippen molar-refractivity contribution < 1.29 is 9.53 Å². The zero-order valence-corrected chi connectivity index (χ0v) is 18.1. The molecule has 0 radical (unpaired) electrons. The average molecular weight is 418 g/mol. The normalized spacial score (nSPS) is 14.5. The third-order valence-electron chi connectivity index (χ3n) is 5.89. The Kier molecular flexibility index (Phi) is 7.18. The molecule has 0 atom stereocenters. The summed E-state index contributed by atoms with van der Waals surface area (Å²) in [6, 6.07) is 20.1. The predicted molar refractivity (Wildman–Crippen MR) is 127 cm³/mol. The maximum atomic E-state index is 12.4. The van der Waals surface area contributed by atoms with E-state index < -0.39 is 0 Å². The molecule has 3 N–H and O–H groups in total. The number of hydrogen-bond donors (Lipinski definition) is 3. The smallest absolute Gasteiger partial charge is 0.262 e. The fraction of sp³-hybridized carbons (Fsp3) is 0.346. The number of hydrogen-bond acceptors (Lipinski definition) is 4. The van der Waals surface area contributed by atoms with Gasteiger partial charge in [-0.15, -0.1) is 0 Å². The highest BCUT2D eigenvalue weighted by atomic mass is 16.5. The van der Waals surface area contributed by atoms with Crippen LogP contribution in [0.1, 0.15) is 24.0 Å². The van der Waals surface area contributed by atoms with Crippen LogP contribution in [-0.2, 0) is 11.3 Å². The molecule has 1 aliphatic rings. The van der Waals surface area contributed by atoms with Crippen molar-refractivity contribution in [2.75, 3.05) is 31.6 Å². The van der Waals surface area contributed by atoms with Crippen molar-refractivity contribution in [1.29, 1.82) is 0 Å².